The molecular weight excluding hydrogens is 472 g/mol. The number of carbonyl (C=O) groups is 2. The highest BCUT2D eigenvalue weighted by molar-refractivity contribution is 5.99. The van der Waals surface area contributed by atoms with E-state index in [1.807, 2.05) is 17.0 Å². The van der Waals surface area contributed by atoms with Crippen molar-refractivity contribution in [1.29, 1.82) is 0 Å². The Labute approximate surface area is 218 Å². The maximum absolute atomic E-state index is 11.5. The third-order valence-corrected chi connectivity index (χ3v) is 9.95. The molecule has 7 aliphatic rings. The van der Waals surface area contributed by atoms with Crippen LogP contribution in [0.3, 0.4) is 0 Å². The number of carbonyl (C=O) groups excluding carboxylic acids is 2. The molecule has 5 aliphatic carbocycles. The first-order valence-electron chi connectivity index (χ1n) is 14.3. The minimum absolute atomic E-state index is 0.229. The minimum Gasteiger partial charge on any atom is -0.494 e. The van der Waals surface area contributed by atoms with Gasteiger partial charge in [0, 0.05) is 31.2 Å². The summed E-state index contributed by atoms with van der Waals surface area (Å²) in [4.78, 5) is 37.1. The predicted octanol–water partition coefficient (Wildman–Crippen LogP) is 3.90. The lowest BCUT2D eigenvalue weighted by Gasteiger charge is -2.57. The molecular formula is C29H38N2O6. The van der Waals surface area contributed by atoms with E-state index >= 15 is 0 Å². The summed E-state index contributed by atoms with van der Waals surface area (Å²) in [5.41, 5.74) is 1.34. The van der Waals surface area contributed by atoms with Gasteiger partial charge in [0.2, 0.25) is 23.4 Å². The summed E-state index contributed by atoms with van der Waals surface area (Å²) in [5, 5.41) is 2.33. The lowest BCUT2D eigenvalue weighted by atomic mass is 9.53. The van der Waals surface area contributed by atoms with Gasteiger partial charge in [0.15, 0.2) is 0 Å². The van der Waals surface area contributed by atoms with Crippen LogP contribution in [0.15, 0.2) is 24.3 Å². The van der Waals surface area contributed by atoms with Crippen molar-refractivity contribution >= 4 is 11.8 Å². The summed E-state index contributed by atoms with van der Waals surface area (Å²) < 4.78 is 12.8. The van der Waals surface area contributed by atoms with Crippen LogP contribution >= 0.6 is 0 Å². The van der Waals surface area contributed by atoms with Crippen LogP contribution in [0.1, 0.15) is 75.7 Å². The molecule has 2 aliphatic heterocycles. The Bertz CT molecular complexity index is 989. The molecule has 0 radical (unpaired) electrons. The molecule has 8 rings (SSSR count). The van der Waals surface area contributed by atoms with E-state index < -0.39 is 11.6 Å². The van der Waals surface area contributed by atoms with E-state index in [9.17, 15) is 9.59 Å². The van der Waals surface area contributed by atoms with Crippen molar-refractivity contribution in [3.8, 4) is 5.75 Å². The molecule has 4 bridgehead atoms. The molecule has 2 saturated heterocycles. The van der Waals surface area contributed by atoms with Gasteiger partial charge in [-0.15, -0.1) is 0 Å². The van der Waals surface area contributed by atoms with Gasteiger partial charge in [-0.1, -0.05) is 12.1 Å². The molecule has 8 nitrogen and oxygen atoms in total. The van der Waals surface area contributed by atoms with Crippen LogP contribution in [0.5, 0.6) is 5.75 Å². The number of amides is 2. The molecule has 8 heteroatoms. The normalized spacial score (nSPS) is 41.0. The number of ether oxygens (including phenoxy) is 2. The van der Waals surface area contributed by atoms with Crippen molar-refractivity contribution in [2.45, 2.75) is 81.7 Å². The second-order valence-corrected chi connectivity index (χ2v) is 12.4. The topological polar surface area (TPSA) is 86.3 Å². The molecule has 1 N–H and O–H groups in total. The second kappa shape index (κ2) is 9.33. The van der Waals surface area contributed by atoms with E-state index in [4.69, 9.17) is 19.2 Å². The van der Waals surface area contributed by atoms with E-state index in [1.165, 1.54) is 37.7 Å². The van der Waals surface area contributed by atoms with E-state index in [1.54, 1.807) is 0 Å². The van der Waals surface area contributed by atoms with Gasteiger partial charge in [-0.2, -0.15) is 9.78 Å². The number of rotatable bonds is 6. The number of nitrogens with zero attached hydrogens (tertiary/aromatic N) is 1. The number of piperazine rings is 1. The minimum atomic E-state index is -0.561. The average molecular weight is 511 g/mol. The van der Waals surface area contributed by atoms with E-state index in [2.05, 4.69) is 17.4 Å². The van der Waals surface area contributed by atoms with Crippen molar-refractivity contribution in [3.05, 3.63) is 29.8 Å². The Kier molecular flexibility index (Phi) is 6.07. The van der Waals surface area contributed by atoms with Crippen molar-refractivity contribution in [1.82, 2.24) is 10.2 Å². The first-order chi connectivity index (χ1) is 18.0. The monoisotopic (exact) mass is 510 g/mol. The lowest BCUT2D eigenvalue weighted by Crippen LogP contribution is -2.59. The fourth-order valence-electron chi connectivity index (χ4n) is 8.36. The molecule has 37 heavy (non-hydrogen) atoms. The average Bonchev–Trinajstić information content (AvgIpc) is 3.25. The Balaban J connectivity index is 0.888. The highest BCUT2D eigenvalue weighted by Gasteiger charge is 2.66. The summed E-state index contributed by atoms with van der Waals surface area (Å²) in [7, 11) is 0. The second-order valence-electron chi connectivity index (χ2n) is 12.4. The zero-order chi connectivity index (χ0) is 25.0. The predicted molar refractivity (Wildman–Crippen MR) is 133 cm³/mol. The van der Waals surface area contributed by atoms with Gasteiger partial charge < -0.3 is 9.47 Å². The highest BCUT2D eigenvalue weighted by Crippen LogP contribution is 2.64. The van der Waals surface area contributed by atoms with Gasteiger partial charge in [-0.05, 0) is 86.8 Å². The van der Waals surface area contributed by atoms with Gasteiger partial charge in [-0.3, -0.25) is 19.8 Å². The number of imide groups is 1. The molecule has 2 heterocycles. The quantitative estimate of drug-likeness (QED) is 0.353. The van der Waals surface area contributed by atoms with Crippen molar-refractivity contribution < 1.29 is 28.8 Å². The lowest BCUT2D eigenvalue weighted by molar-refractivity contribution is -0.390. The molecule has 7 fully saturated rings. The summed E-state index contributed by atoms with van der Waals surface area (Å²) in [5.74, 6) is 2.62. The zero-order valence-corrected chi connectivity index (χ0v) is 21.5. The summed E-state index contributed by atoms with van der Waals surface area (Å²) in [6.07, 6.45) is 11.0. The fourth-order valence-corrected chi connectivity index (χ4v) is 8.36. The maximum Gasteiger partial charge on any atom is 0.240 e. The summed E-state index contributed by atoms with van der Waals surface area (Å²) in [6, 6.07) is 8.45. The number of benzene rings is 1. The van der Waals surface area contributed by atoms with Crippen LogP contribution in [0.25, 0.3) is 0 Å². The number of hydrogen-bond donors (Lipinski definition) is 1. The molecule has 2 spiro atoms. The van der Waals surface area contributed by atoms with E-state index in [0.29, 0.717) is 30.9 Å². The molecule has 0 aromatic heterocycles. The third kappa shape index (κ3) is 4.50. The van der Waals surface area contributed by atoms with Crippen LogP contribution in [0.4, 0.5) is 0 Å². The summed E-state index contributed by atoms with van der Waals surface area (Å²) in [6.45, 7) is 1.76. The molecule has 0 atom stereocenters. The standard InChI is InChI=1S/C29H38N2O6/c32-26-17-31(18-27(33)30-26)10-1-11-34-25-4-2-21(3-5-25)22-6-8-28(9-7-22)35-29(37-36-28)23-13-19-12-20(15-23)16-24(29)14-19/h2-5,19-20,22-24H,1,6-18H2,(H,30,32,33)/t19?,20?,22-,23?,24?,28+,29-. The van der Waals surface area contributed by atoms with Crippen molar-refractivity contribution in [2.24, 2.45) is 23.7 Å². The first kappa shape index (κ1) is 24.1. The molecule has 1 aromatic rings. The Morgan fingerprint density at radius 3 is 2.19 bits per heavy atom. The SMILES string of the molecule is O=C1CN(CCCOc2ccc([C@H]3CC[C@]4(CC3)OO[C@]3(O4)C4CC5CC(C4)CC3C5)cc2)CC(=O)N1. The molecule has 200 valence electrons. The van der Waals surface area contributed by atoms with Gasteiger partial charge in [0.25, 0.3) is 0 Å². The molecule has 2 amide bonds. The Hall–Kier alpha value is -2.00. The molecule has 1 aromatic carbocycles. The van der Waals surface area contributed by atoms with Crippen LogP contribution in [0, 0.1) is 23.7 Å². The number of hydrogen-bond acceptors (Lipinski definition) is 7. The van der Waals surface area contributed by atoms with Gasteiger partial charge >= 0.3 is 0 Å². The van der Waals surface area contributed by atoms with Crippen molar-refractivity contribution in [2.75, 3.05) is 26.2 Å². The fraction of sp³-hybridized carbons (Fsp3) is 0.724. The zero-order valence-electron chi connectivity index (χ0n) is 21.5. The smallest absolute Gasteiger partial charge is 0.240 e. The van der Waals surface area contributed by atoms with Gasteiger partial charge in [0.05, 0.1) is 19.7 Å². The van der Waals surface area contributed by atoms with E-state index in [-0.39, 0.29) is 24.9 Å². The maximum atomic E-state index is 11.5. The largest absolute Gasteiger partial charge is 0.494 e. The third-order valence-electron chi connectivity index (χ3n) is 9.95. The summed E-state index contributed by atoms with van der Waals surface area (Å²) >= 11 is 0. The highest BCUT2D eigenvalue weighted by atomic mass is 17.3. The number of nitrogens with one attached hydrogen (secondary N) is 1. The first-order valence-corrected chi connectivity index (χ1v) is 14.3. The van der Waals surface area contributed by atoms with Crippen LogP contribution in [-0.4, -0.2) is 54.5 Å². The van der Waals surface area contributed by atoms with Crippen molar-refractivity contribution in [3.63, 3.8) is 0 Å². The van der Waals surface area contributed by atoms with Gasteiger partial charge in [-0.25, -0.2) is 0 Å². The van der Waals surface area contributed by atoms with Crippen LogP contribution < -0.4 is 10.1 Å². The van der Waals surface area contributed by atoms with Crippen LogP contribution in [-0.2, 0) is 24.1 Å². The Morgan fingerprint density at radius 1 is 0.892 bits per heavy atom. The molecule has 5 saturated carbocycles. The van der Waals surface area contributed by atoms with Gasteiger partial charge in [0.1, 0.15) is 5.75 Å². The van der Waals surface area contributed by atoms with Crippen LogP contribution in [0.2, 0.25) is 0 Å². The van der Waals surface area contributed by atoms with E-state index in [0.717, 1.165) is 49.7 Å². The Morgan fingerprint density at radius 2 is 1.54 bits per heavy atom. The molecule has 0 unspecified atom stereocenters.